The van der Waals surface area contributed by atoms with E-state index >= 15 is 0 Å². The average Bonchev–Trinajstić information content (AvgIpc) is 2.15. The molecule has 0 aromatic heterocycles. The molecule has 1 saturated heterocycles. The van der Waals surface area contributed by atoms with Gasteiger partial charge in [0.05, 0.1) is 6.04 Å². The van der Waals surface area contributed by atoms with E-state index in [4.69, 9.17) is 5.73 Å². The zero-order valence-electron chi connectivity index (χ0n) is 5.55. The maximum absolute atomic E-state index is 10.7. The van der Waals surface area contributed by atoms with Gasteiger partial charge in [-0.05, 0) is 6.42 Å². The highest BCUT2D eigenvalue weighted by Crippen LogP contribution is 2.10. The molecule has 1 fully saturated rings. The van der Waals surface area contributed by atoms with Gasteiger partial charge in [0, 0.05) is 12.5 Å². The first kappa shape index (κ1) is 6.55. The number of rotatable bonds is 1. The molecule has 9 heavy (non-hydrogen) atoms. The zero-order chi connectivity index (χ0) is 6.85. The topological polar surface area (TPSA) is 55.1 Å². The molecule has 52 valence electrons. The number of hydrogen-bond donors (Lipinski definition) is 2. The van der Waals surface area contributed by atoms with Crippen molar-refractivity contribution < 1.29 is 4.79 Å². The summed E-state index contributed by atoms with van der Waals surface area (Å²) in [7, 11) is 0. The van der Waals surface area contributed by atoms with Crippen LogP contribution in [0.4, 0.5) is 0 Å². The average molecular weight is 128 g/mol. The second-order valence-electron chi connectivity index (χ2n) is 2.44. The Labute approximate surface area is 54.6 Å². The Morgan fingerprint density at radius 1 is 1.89 bits per heavy atom. The first-order valence-electron chi connectivity index (χ1n) is 3.29. The van der Waals surface area contributed by atoms with Gasteiger partial charge in [-0.2, -0.15) is 0 Å². The van der Waals surface area contributed by atoms with Gasteiger partial charge in [-0.15, -0.1) is 0 Å². The Bertz CT molecular complexity index is 124. The third-order valence-electron chi connectivity index (χ3n) is 1.87. The van der Waals surface area contributed by atoms with Gasteiger partial charge < -0.3 is 11.1 Å². The summed E-state index contributed by atoms with van der Waals surface area (Å²) in [5.74, 6) is 0.361. The summed E-state index contributed by atoms with van der Waals surface area (Å²) in [6.45, 7) is 2.81. The van der Waals surface area contributed by atoms with Crippen LogP contribution in [0.15, 0.2) is 0 Å². The number of nitrogens with one attached hydrogen (secondary N) is 1. The Kier molecular flexibility index (Phi) is 1.71. The lowest BCUT2D eigenvalue weighted by Gasteiger charge is -2.06. The van der Waals surface area contributed by atoms with Crippen molar-refractivity contribution in [2.75, 3.05) is 6.54 Å². The monoisotopic (exact) mass is 128 g/mol. The molecule has 1 amide bonds. The van der Waals surface area contributed by atoms with Crippen LogP contribution in [-0.4, -0.2) is 18.5 Å². The number of hydrogen-bond acceptors (Lipinski definition) is 2. The van der Waals surface area contributed by atoms with Crippen molar-refractivity contribution in [2.24, 2.45) is 11.7 Å². The van der Waals surface area contributed by atoms with Gasteiger partial charge in [0.1, 0.15) is 0 Å². The summed E-state index contributed by atoms with van der Waals surface area (Å²) in [5.41, 5.74) is 5.52. The van der Waals surface area contributed by atoms with Crippen LogP contribution in [0.5, 0.6) is 0 Å². The Balaban J connectivity index is 2.51. The van der Waals surface area contributed by atoms with Crippen molar-refractivity contribution in [3.05, 3.63) is 0 Å². The van der Waals surface area contributed by atoms with Gasteiger partial charge in [-0.25, -0.2) is 0 Å². The van der Waals surface area contributed by atoms with E-state index < -0.39 is 0 Å². The predicted molar refractivity (Wildman–Crippen MR) is 34.8 cm³/mol. The van der Waals surface area contributed by atoms with Crippen LogP contribution in [0.3, 0.4) is 0 Å². The van der Waals surface area contributed by atoms with E-state index in [1.807, 2.05) is 6.92 Å². The minimum absolute atomic E-state index is 0.00171. The molecule has 1 aliphatic heterocycles. The second-order valence-corrected chi connectivity index (χ2v) is 2.44. The normalized spacial score (nSPS) is 34.7. The van der Waals surface area contributed by atoms with Crippen LogP contribution in [-0.2, 0) is 4.79 Å². The molecule has 0 spiro atoms. The quantitative estimate of drug-likeness (QED) is 0.498. The maximum atomic E-state index is 10.7. The van der Waals surface area contributed by atoms with E-state index in [9.17, 15) is 4.79 Å². The van der Waals surface area contributed by atoms with E-state index in [1.165, 1.54) is 0 Å². The van der Waals surface area contributed by atoms with Crippen molar-refractivity contribution >= 4 is 5.91 Å². The maximum Gasteiger partial charge on any atom is 0.237 e. The molecule has 0 radical (unpaired) electrons. The fourth-order valence-electron chi connectivity index (χ4n) is 1.09. The van der Waals surface area contributed by atoms with Crippen molar-refractivity contribution in [1.29, 1.82) is 0 Å². The molecule has 0 aromatic carbocycles. The molecule has 1 rings (SSSR count). The lowest BCUT2D eigenvalue weighted by molar-refractivity contribution is -0.120. The largest absolute Gasteiger partial charge is 0.354 e. The van der Waals surface area contributed by atoms with Crippen molar-refractivity contribution in [1.82, 2.24) is 5.32 Å². The molecule has 3 nitrogen and oxygen atoms in total. The number of amides is 1. The summed E-state index contributed by atoms with van der Waals surface area (Å²) < 4.78 is 0. The fourth-order valence-corrected chi connectivity index (χ4v) is 1.09. The van der Waals surface area contributed by atoms with Crippen LogP contribution in [0.2, 0.25) is 0 Å². The van der Waals surface area contributed by atoms with E-state index in [-0.39, 0.29) is 11.9 Å². The number of carbonyl (C=O) groups excluding carboxylic acids is 1. The van der Waals surface area contributed by atoms with Gasteiger partial charge >= 0.3 is 0 Å². The highest BCUT2D eigenvalue weighted by atomic mass is 16.2. The summed E-state index contributed by atoms with van der Waals surface area (Å²) >= 11 is 0. The Hall–Kier alpha value is -0.570. The van der Waals surface area contributed by atoms with Gasteiger partial charge in [0.25, 0.3) is 0 Å². The molecule has 3 heteroatoms. The van der Waals surface area contributed by atoms with E-state index in [0.717, 1.165) is 13.0 Å². The molecule has 3 N–H and O–H groups in total. The zero-order valence-corrected chi connectivity index (χ0v) is 5.55. The van der Waals surface area contributed by atoms with Crippen molar-refractivity contribution in [2.45, 2.75) is 19.4 Å². The minimum Gasteiger partial charge on any atom is -0.354 e. The molecule has 0 aromatic rings. The van der Waals surface area contributed by atoms with E-state index in [0.29, 0.717) is 5.92 Å². The molecule has 0 saturated carbocycles. The fraction of sp³-hybridized carbons (Fsp3) is 0.833. The molecule has 0 aliphatic carbocycles. The van der Waals surface area contributed by atoms with E-state index in [2.05, 4.69) is 5.32 Å². The van der Waals surface area contributed by atoms with Gasteiger partial charge in [-0.1, -0.05) is 6.92 Å². The van der Waals surface area contributed by atoms with Crippen molar-refractivity contribution in [3.8, 4) is 0 Å². The van der Waals surface area contributed by atoms with Crippen LogP contribution in [0, 0.1) is 5.92 Å². The summed E-state index contributed by atoms with van der Waals surface area (Å²) in [6, 6.07) is -0.255. The van der Waals surface area contributed by atoms with Gasteiger partial charge in [0.15, 0.2) is 0 Å². The predicted octanol–water partition coefficient (Wildman–Crippen LogP) is -0.530. The Morgan fingerprint density at radius 2 is 2.56 bits per heavy atom. The van der Waals surface area contributed by atoms with Gasteiger partial charge in [0.2, 0.25) is 5.91 Å². The highest BCUT2D eigenvalue weighted by molar-refractivity contribution is 5.83. The summed E-state index contributed by atoms with van der Waals surface area (Å²) in [4.78, 5) is 10.7. The molecule has 1 aliphatic rings. The van der Waals surface area contributed by atoms with E-state index in [1.54, 1.807) is 0 Å². The van der Waals surface area contributed by atoms with Crippen LogP contribution in [0.25, 0.3) is 0 Å². The molecular weight excluding hydrogens is 116 g/mol. The smallest absolute Gasteiger partial charge is 0.237 e. The lowest BCUT2D eigenvalue weighted by atomic mass is 10.0. The molecule has 0 bridgehead atoms. The number of nitrogens with two attached hydrogens (primary N) is 1. The number of carbonyl (C=O) groups is 1. The van der Waals surface area contributed by atoms with Crippen LogP contribution >= 0.6 is 0 Å². The third-order valence-corrected chi connectivity index (χ3v) is 1.87. The third kappa shape index (κ3) is 1.05. The van der Waals surface area contributed by atoms with Gasteiger partial charge in [-0.3, -0.25) is 4.79 Å². The SMILES string of the molecule is CCC1CNC(=O)C1N. The molecular formula is C6H12N2O. The standard InChI is InChI=1S/C6H12N2O/c1-2-4-3-8-6(9)5(4)7/h4-5H,2-3,7H2,1H3,(H,8,9). The molecule has 2 atom stereocenters. The minimum atomic E-state index is -0.255. The Morgan fingerprint density at radius 3 is 2.78 bits per heavy atom. The van der Waals surface area contributed by atoms with Crippen molar-refractivity contribution in [3.63, 3.8) is 0 Å². The second kappa shape index (κ2) is 2.35. The molecule has 1 heterocycles. The first-order chi connectivity index (χ1) is 4.25. The lowest BCUT2D eigenvalue weighted by Crippen LogP contribution is -2.33. The highest BCUT2D eigenvalue weighted by Gasteiger charge is 2.29. The van der Waals surface area contributed by atoms with Crippen LogP contribution in [0.1, 0.15) is 13.3 Å². The summed E-state index contributed by atoms with van der Waals surface area (Å²) in [5, 5.41) is 2.71. The molecule has 2 unspecified atom stereocenters. The summed E-state index contributed by atoms with van der Waals surface area (Å²) in [6.07, 6.45) is 0.986. The van der Waals surface area contributed by atoms with Crippen LogP contribution < -0.4 is 11.1 Å². The first-order valence-corrected chi connectivity index (χ1v) is 3.29.